The highest BCUT2D eigenvalue weighted by atomic mass is 16.1. The summed E-state index contributed by atoms with van der Waals surface area (Å²) < 4.78 is 2.25. The fourth-order valence-corrected chi connectivity index (χ4v) is 6.93. The second-order valence-corrected chi connectivity index (χ2v) is 10.8. The van der Waals surface area contributed by atoms with Crippen LogP contribution in [0.2, 0.25) is 0 Å². The monoisotopic (exact) mass is 450 g/mol. The van der Waals surface area contributed by atoms with Crippen LogP contribution >= 0.6 is 0 Å². The highest BCUT2D eigenvalue weighted by Crippen LogP contribution is 2.53. The number of benzene rings is 2. The molecule has 1 heterocycles. The summed E-state index contributed by atoms with van der Waals surface area (Å²) in [5.41, 5.74) is 9.05. The van der Waals surface area contributed by atoms with E-state index in [1.165, 1.54) is 46.5 Å². The lowest BCUT2D eigenvalue weighted by Gasteiger charge is -2.48. The Morgan fingerprint density at radius 1 is 0.941 bits per heavy atom. The van der Waals surface area contributed by atoms with Gasteiger partial charge in [0.1, 0.15) is 5.78 Å². The lowest BCUT2D eigenvalue weighted by atomic mass is 9.56. The minimum absolute atomic E-state index is 0.0144. The van der Waals surface area contributed by atoms with Gasteiger partial charge in [-0.3, -0.25) is 4.79 Å². The number of hydrogen-bond acceptors (Lipinski definition) is 2. The van der Waals surface area contributed by atoms with Crippen LogP contribution in [-0.4, -0.2) is 15.6 Å². The number of Topliss-reactive ketones (excluding diaryl/α,β-unsaturated/α-hetero) is 1. The Kier molecular flexibility index (Phi) is 5.32. The zero-order valence-electron chi connectivity index (χ0n) is 20.4. The van der Waals surface area contributed by atoms with Crippen molar-refractivity contribution in [2.24, 2.45) is 11.8 Å². The molecule has 0 saturated heterocycles. The number of carbonyl (C=O) groups is 1. The molecule has 0 N–H and O–H groups in total. The van der Waals surface area contributed by atoms with Crippen molar-refractivity contribution in [2.75, 3.05) is 0 Å². The molecule has 3 aromatic rings. The van der Waals surface area contributed by atoms with Gasteiger partial charge in [0.05, 0.1) is 17.1 Å². The van der Waals surface area contributed by atoms with E-state index in [0.29, 0.717) is 18.1 Å². The third kappa shape index (κ3) is 3.40. The predicted molar refractivity (Wildman–Crippen MR) is 138 cm³/mol. The fourth-order valence-electron chi connectivity index (χ4n) is 6.93. The van der Waals surface area contributed by atoms with Gasteiger partial charge in [-0.25, -0.2) is 4.68 Å². The Morgan fingerprint density at radius 2 is 1.71 bits per heavy atom. The van der Waals surface area contributed by atoms with E-state index in [2.05, 4.69) is 79.2 Å². The minimum atomic E-state index is -0.0144. The molecule has 1 aromatic heterocycles. The average Bonchev–Trinajstić information content (AvgIpc) is 3.29. The molecule has 1 fully saturated rings. The van der Waals surface area contributed by atoms with Gasteiger partial charge < -0.3 is 0 Å². The molecule has 3 aliphatic rings. The maximum absolute atomic E-state index is 12.7. The molecule has 3 aliphatic carbocycles. The summed E-state index contributed by atoms with van der Waals surface area (Å²) in [5, 5.41) is 5.33. The molecule has 3 atom stereocenters. The molecule has 0 aliphatic heterocycles. The molecule has 174 valence electrons. The van der Waals surface area contributed by atoms with E-state index >= 15 is 0 Å². The van der Waals surface area contributed by atoms with Gasteiger partial charge in [0.15, 0.2) is 0 Å². The molecule has 3 heteroatoms. The van der Waals surface area contributed by atoms with Crippen LogP contribution in [0.4, 0.5) is 0 Å². The first-order chi connectivity index (χ1) is 16.6. The standard InChI is InChI=1S/C31H34N2O/c1-21-27-18-17-26-29(24-11-7-4-8-12-24)32-33(30(26)31(27,2)20-19-28(21)34)25-15-13-23(14-16-25)22-9-5-3-6-10-22/h3,5-6,9-11,13-16,21,27H,4,7-8,12,17-20H2,1-2H3/t21-,27-,31-/m1/s1. The maximum atomic E-state index is 12.7. The lowest BCUT2D eigenvalue weighted by Crippen LogP contribution is -2.47. The second kappa shape index (κ2) is 8.37. The molecule has 6 rings (SSSR count). The summed E-state index contributed by atoms with van der Waals surface area (Å²) in [7, 11) is 0. The lowest BCUT2D eigenvalue weighted by molar-refractivity contribution is -0.128. The zero-order valence-corrected chi connectivity index (χ0v) is 20.4. The molecular weight excluding hydrogens is 416 g/mol. The van der Waals surface area contributed by atoms with Crippen LogP contribution < -0.4 is 0 Å². The number of hydrogen-bond donors (Lipinski definition) is 0. The normalized spacial score (nSPS) is 26.5. The van der Waals surface area contributed by atoms with Crippen LogP contribution in [-0.2, 0) is 16.6 Å². The van der Waals surface area contributed by atoms with Gasteiger partial charge in [-0.2, -0.15) is 5.10 Å². The molecule has 3 nitrogen and oxygen atoms in total. The SMILES string of the molecule is C[C@H]1C(=O)CC[C@@]2(C)c3c(c(C4=CCCCC4)nn3-c3ccc(-c4ccccc4)cc3)CC[C@H]12. The number of allylic oxidation sites excluding steroid dienone is 2. The van der Waals surface area contributed by atoms with Gasteiger partial charge in [0.25, 0.3) is 0 Å². The highest BCUT2D eigenvalue weighted by Gasteiger charge is 2.50. The summed E-state index contributed by atoms with van der Waals surface area (Å²) >= 11 is 0. The topological polar surface area (TPSA) is 34.9 Å². The van der Waals surface area contributed by atoms with Gasteiger partial charge >= 0.3 is 0 Å². The molecule has 2 aromatic carbocycles. The Hall–Kier alpha value is -2.94. The van der Waals surface area contributed by atoms with Crippen molar-refractivity contribution in [3.63, 3.8) is 0 Å². The van der Waals surface area contributed by atoms with E-state index < -0.39 is 0 Å². The second-order valence-electron chi connectivity index (χ2n) is 10.8. The fraction of sp³-hybridized carbons (Fsp3) is 0.419. The molecule has 0 spiro atoms. The summed E-state index contributed by atoms with van der Waals surface area (Å²) in [6.07, 6.45) is 11.0. The van der Waals surface area contributed by atoms with Crippen molar-refractivity contribution < 1.29 is 4.79 Å². The summed E-state index contributed by atoms with van der Waals surface area (Å²) in [6.45, 7) is 4.57. The first-order valence-corrected chi connectivity index (χ1v) is 13.1. The van der Waals surface area contributed by atoms with Crippen molar-refractivity contribution in [3.8, 4) is 16.8 Å². The van der Waals surface area contributed by atoms with Gasteiger partial charge in [0, 0.05) is 23.3 Å². The van der Waals surface area contributed by atoms with E-state index in [4.69, 9.17) is 5.10 Å². The number of aromatic nitrogens is 2. The number of nitrogens with zero attached hydrogens (tertiary/aromatic N) is 2. The molecule has 0 radical (unpaired) electrons. The van der Waals surface area contributed by atoms with Crippen molar-refractivity contribution in [2.45, 2.75) is 70.6 Å². The molecular formula is C31H34N2O. The third-order valence-electron chi connectivity index (χ3n) is 8.86. The molecule has 34 heavy (non-hydrogen) atoms. The van der Waals surface area contributed by atoms with Crippen LogP contribution in [0.3, 0.4) is 0 Å². The van der Waals surface area contributed by atoms with E-state index in [1.807, 2.05) is 0 Å². The Labute approximate surface area is 202 Å². The Morgan fingerprint density at radius 3 is 2.44 bits per heavy atom. The predicted octanol–water partition coefficient (Wildman–Crippen LogP) is 7.32. The van der Waals surface area contributed by atoms with E-state index in [9.17, 15) is 4.79 Å². The number of fused-ring (bicyclic) bond motifs is 3. The van der Waals surface area contributed by atoms with Crippen molar-refractivity contribution in [1.82, 2.24) is 9.78 Å². The molecule has 0 unspecified atom stereocenters. The van der Waals surface area contributed by atoms with Crippen LogP contribution in [0.1, 0.15) is 75.7 Å². The van der Waals surface area contributed by atoms with Crippen molar-refractivity contribution in [1.29, 1.82) is 0 Å². The average molecular weight is 451 g/mol. The first kappa shape index (κ1) is 21.6. The Bertz CT molecular complexity index is 1250. The number of ketones is 1. The van der Waals surface area contributed by atoms with Crippen molar-refractivity contribution >= 4 is 11.4 Å². The van der Waals surface area contributed by atoms with Crippen molar-refractivity contribution in [3.05, 3.63) is 77.6 Å². The smallest absolute Gasteiger partial charge is 0.136 e. The molecule has 0 amide bonds. The number of carbonyl (C=O) groups excluding carboxylic acids is 1. The minimum Gasteiger partial charge on any atom is -0.299 e. The zero-order chi connectivity index (χ0) is 23.3. The van der Waals surface area contributed by atoms with Crippen LogP contribution in [0.25, 0.3) is 22.4 Å². The number of rotatable bonds is 3. The molecule has 1 saturated carbocycles. The van der Waals surface area contributed by atoms with Crippen LogP contribution in [0.5, 0.6) is 0 Å². The van der Waals surface area contributed by atoms with Gasteiger partial charge in [0.2, 0.25) is 0 Å². The maximum Gasteiger partial charge on any atom is 0.136 e. The highest BCUT2D eigenvalue weighted by molar-refractivity contribution is 5.83. The summed E-state index contributed by atoms with van der Waals surface area (Å²) in [5.74, 6) is 0.973. The quantitative estimate of drug-likeness (QED) is 0.419. The van der Waals surface area contributed by atoms with E-state index in [0.717, 1.165) is 37.8 Å². The molecule has 0 bridgehead atoms. The summed E-state index contributed by atoms with van der Waals surface area (Å²) in [6, 6.07) is 19.4. The van der Waals surface area contributed by atoms with Crippen LogP contribution in [0.15, 0.2) is 60.7 Å². The summed E-state index contributed by atoms with van der Waals surface area (Å²) in [4.78, 5) is 12.7. The van der Waals surface area contributed by atoms with Gasteiger partial charge in [-0.05, 0) is 79.7 Å². The van der Waals surface area contributed by atoms with Gasteiger partial charge in [-0.15, -0.1) is 0 Å². The van der Waals surface area contributed by atoms with E-state index in [-0.39, 0.29) is 11.3 Å². The Balaban J connectivity index is 1.50. The van der Waals surface area contributed by atoms with Crippen LogP contribution in [0, 0.1) is 11.8 Å². The van der Waals surface area contributed by atoms with E-state index in [1.54, 1.807) is 0 Å². The third-order valence-corrected chi connectivity index (χ3v) is 8.86. The van der Waals surface area contributed by atoms with Gasteiger partial charge in [-0.1, -0.05) is 62.4 Å². The first-order valence-electron chi connectivity index (χ1n) is 13.1. The largest absolute Gasteiger partial charge is 0.299 e.